The van der Waals surface area contributed by atoms with Gasteiger partial charge in [0, 0.05) is 11.9 Å². The fraction of sp³-hybridized carbons (Fsp3) is 0.200. The van der Waals surface area contributed by atoms with E-state index in [1.807, 2.05) is 24.3 Å². The Morgan fingerprint density at radius 2 is 1.89 bits per heavy atom. The van der Waals surface area contributed by atoms with E-state index >= 15 is 0 Å². The number of aromatic nitrogens is 1. The van der Waals surface area contributed by atoms with E-state index in [0.29, 0.717) is 16.1 Å². The second-order valence-electron chi connectivity index (χ2n) is 4.64. The molecule has 4 heteroatoms. The number of nitrogens with one attached hydrogen (secondary N) is 2. The maximum atomic E-state index is 12.1. The summed E-state index contributed by atoms with van der Waals surface area (Å²) < 4.78 is 0.443. The summed E-state index contributed by atoms with van der Waals surface area (Å²) in [4.78, 5) is 14.9. The molecule has 1 aromatic carbocycles. The predicted octanol–water partition coefficient (Wildman–Crippen LogP) is 4.12. The van der Waals surface area contributed by atoms with Gasteiger partial charge in [-0.1, -0.05) is 38.2 Å². The molecule has 0 saturated carbocycles. The van der Waals surface area contributed by atoms with Gasteiger partial charge in [0.15, 0.2) is 0 Å². The lowest BCUT2D eigenvalue weighted by Gasteiger charge is -2.08. The molecule has 2 N–H and O–H groups in total. The lowest BCUT2D eigenvalue weighted by Crippen LogP contribution is -2.12. The molecule has 98 valence electrons. The first-order valence-corrected chi connectivity index (χ1v) is 6.58. The Kier molecular flexibility index (Phi) is 4.12. The van der Waals surface area contributed by atoms with Gasteiger partial charge in [-0.15, -0.1) is 0 Å². The zero-order chi connectivity index (χ0) is 13.8. The van der Waals surface area contributed by atoms with Gasteiger partial charge >= 0.3 is 0 Å². The topological polar surface area (TPSA) is 44.9 Å². The summed E-state index contributed by atoms with van der Waals surface area (Å²) in [6, 6.07) is 11.3. The van der Waals surface area contributed by atoms with Gasteiger partial charge in [-0.2, -0.15) is 0 Å². The molecule has 0 aliphatic carbocycles. The molecular formula is C15H16N2OS. The number of amides is 1. The number of rotatable bonds is 3. The Labute approximate surface area is 117 Å². The molecule has 1 aromatic heterocycles. The third-order valence-corrected chi connectivity index (χ3v) is 3.24. The minimum absolute atomic E-state index is 0.195. The normalized spacial score (nSPS) is 10.5. The molecule has 19 heavy (non-hydrogen) atoms. The van der Waals surface area contributed by atoms with Crippen LogP contribution in [0.25, 0.3) is 0 Å². The Morgan fingerprint density at radius 1 is 1.21 bits per heavy atom. The number of hydrogen-bond acceptors (Lipinski definition) is 2. The van der Waals surface area contributed by atoms with Crippen LogP contribution in [0.15, 0.2) is 42.6 Å². The zero-order valence-electron chi connectivity index (χ0n) is 10.9. The molecule has 0 saturated heterocycles. The fourth-order valence-corrected chi connectivity index (χ4v) is 1.98. The highest BCUT2D eigenvalue weighted by Crippen LogP contribution is 2.17. The molecule has 3 nitrogen and oxygen atoms in total. The summed E-state index contributed by atoms with van der Waals surface area (Å²) in [6.45, 7) is 4.27. The molecule has 0 spiro atoms. The van der Waals surface area contributed by atoms with E-state index in [9.17, 15) is 4.79 Å². The number of pyridine rings is 1. The summed E-state index contributed by atoms with van der Waals surface area (Å²) >= 11 is 5.08. The van der Waals surface area contributed by atoms with Crippen molar-refractivity contribution >= 4 is 23.8 Å². The average molecular weight is 272 g/mol. The van der Waals surface area contributed by atoms with E-state index in [0.717, 1.165) is 5.69 Å². The van der Waals surface area contributed by atoms with E-state index in [1.165, 1.54) is 5.56 Å². The van der Waals surface area contributed by atoms with Gasteiger partial charge in [-0.05, 0) is 35.7 Å². The van der Waals surface area contributed by atoms with E-state index < -0.39 is 0 Å². The molecule has 2 rings (SSSR count). The van der Waals surface area contributed by atoms with Gasteiger partial charge in [-0.25, -0.2) is 0 Å². The first-order chi connectivity index (χ1) is 9.08. The second kappa shape index (κ2) is 5.80. The summed E-state index contributed by atoms with van der Waals surface area (Å²) in [5.74, 6) is 0.284. The molecule has 0 atom stereocenters. The quantitative estimate of drug-likeness (QED) is 0.825. The molecule has 1 amide bonds. The maximum absolute atomic E-state index is 12.1. The summed E-state index contributed by atoms with van der Waals surface area (Å²) in [6.07, 6.45) is 1.70. The highest BCUT2D eigenvalue weighted by atomic mass is 32.1. The summed E-state index contributed by atoms with van der Waals surface area (Å²) in [5.41, 5.74) is 2.49. The Bertz CT molecular complexity index is 629. The number of carbonyl (C=O) groups is 1. The van der Waals surface area contributed by atoms with Crippen molar-refractivity contribution in [2.24, 2.45) is 0 Å². The van der Waals surface area contributed by atoms with Crippen LogP contribution in [0, 0.1) is 4.64 Å². The van der Waals surface area contributed by atoms with Crippen molar-refractivity contribution in [2.45, 2.75) is 19.8 Å². The molecule has 0 unspecified atom stereocenters. The summed E-state index contributed by atoms with van der Waals surface area (Å²) in [7, 11) is 0. The van der Waals surface area contributed by atoms with Crippen LogP contribution in [-0.2, 0) is 0 Å². The highest BCUT2D eigenvalue weighted by Gasteiger charge is 2.08. The smallest absolute Gasteiger partial charge is 0.258 e. The molecule has 1 heterocycles. The van der Waals surface area contributed by atoms with Crippen molar-refractivity contribution in [3.8, 4) is 0 Å². The largest absolute Gasteiger partial charge is 0.352 e. The van der Waals surface area contributed by atoms with Crippen LogP contribution in [-0.4, -0.2) is 10.9 Å². The van der Waals surface area contributed by atoms with Crippen molar-refractivity contribution < 1.29 is 4.79 Å². The number of H-pyrrole nitrogens is 1. The van der Waals surface area contributed by atoms with Crippen molar-refractivity contribution in [3.63, 3.8) is 0 Å². The van der Waals surface area contributed by atoms with Gasteiger partial charge in [0.25, 0.3) is 5.91 Å². The van der Waals surface area contributed by atoms with Crippen molar-refractivity contribution in [1.29, 1.82) is 0 Å². The van der Waals surface area contributed by atoms with Crippen LogP contribution in [0.3, 0.4) is 0 Å². The Balaban J connectivity index is 2.15. The third kappa shape index (κ3) is 3.29. The fourth-order valence-electron chi connectivity index (χ4n) is 1.75. The standard InChI is InChI=1S/C15H16N2OS/c1-10(2)11-5-7-12(8-6-11)17-14(18)13-4-3-9-16-15(13)19/h3-10H,1-2H3,(H,16,19)(H,17,18). The lowest BCUT2D eigenvalue weighted by atomic mass is 10.0. The van der Waals surface area contributed by atoms with Crippen LogP contribution < -0.4 is 5.32 Å². The number of aromatic amines is 1. The predicted molar refractivity (Wildman–Crippen MR) is 80.1 cm³/mol. The minimum atomic E-state index is -0.195. The SMILES string of the molecule is CC(C)c1ccc(NC(=O)c2ccc[nH]c2=S)cc1. The zero-order valence-corrected chi connectivity index (χ0v) is 11.8. The average Bonchev–Trinajstić information content (AvgIpc) is 2.39. The van der Waals surface area contributed by atoms with E-state index in [4.69, 9.17) is 12.2 Å². The van der Waals surface area contributed by atoms with Crippen molar-refractivity contribution in [1.82, 2.24) is 4.98 Å². The minimum Gasteiger partial charge on any atom is -0.352 e. The highest BCUT2D eigenvalue weighted by molar-refractivity contribution is 7.71. The van der Waals surface area contributed by atoms with Crippen LogP contribution in [0.4, 0.5) is 5.69 Å². The molecule has 0 radical (unpaired) electrons. The number of benzene rings is 1. The number of carbonyl (C=O) groups excluding carboxylic acids is 1. The molecule has 0 bridgehead atoms. The second-order valence-corrected chi connectivity index (χ2v) is 5.05. The monoisotopic (exact) mass is 272 g/mol. The molecule has 0 aliphatic heterocycles. The van der Waals surface area contributed by atoms with Crippen LogP contribution in [0.1, 0.15) is 35.7 Å². The number of hydrogen-bond donors (Lipinski definition) is 2. The van der Waals surface area contributed by atoms with Crippen LogP contribution in [0.5, 0.6) is 0 Å². The van der Waals surface area contributed by atoms with Gasteiger partial charge in [0.05, 0.1) is 5.56 Å². The van der Waals surface area contributed by atoms with Gasteiger partial charge < -0.3 is 10.3 Å². The van der Waals surface area contributed by atoms with E-state index in [2.05, 4.69) is 24.1 Å². The first-order valence-electron chi connectivity index (χ1n) is 6.17. The summed E-state index contributed by atoms with van der Waals surface area (Å²) in [5, 5.41) is 2.84. The van der Waals surface area contributed by atoms with Crippen molar-refractivity contribution in [2.75, 3.05) is 5.32 Å². The van der Waals surface area contributed by atoms with E-state index in [1.54, 1.807) is 18.3 Å². The Hall–Kier alpha value is -1.94. The number of anilines is 1. The van der Waals surface area contributed by atoms with Crippen molar-refractivity contribution in [3.05, 3.63) is 58.4 Å². The van der Waals surface area contributed by atoms with Gasteiger partial charge in [0.2, 0.25) is 0 Å². The molecular weight excluding hydrogens is 256 g/mol. The first kappa shape index (κ1) is 13.5. The van der Waals surface area contributed by atoms with Gasteiger partial charge in [-0.3, -0.25) is 4.79 Å². The van der Waals surface area contributed by atoms with Crippen LogP contribution >= 0.6 is 12.2 Å². The molecule has 0 aliphatic rings. The van der Waals surface area contributed by atoms with Gasteiger partial charge in [0.1, 0.15) is 4.64 Å². The molecule has 2 aromatic rings. The molecule has 0 fully saturated rings. The van der Waals surface area contributed by atoms with Crippen LogP contribution in [0.2, 0.25) is 0 Å². The lowest BCUT2D eigenvalue weighted by molar-refractivity contribution is 0.102. The Morgan fingerprint density at radius 3 is 2.47 bits per heavy atom. The van der Waals surface area contributed by atoms with E-state index in [-0.39, 0.29) is 5.91 Å². The third-order valence-electron chi connectivity index (χ3n) is 2.90. The maximum Gasteiger partial charge on any atom is 0.258 e.